The summed E-state index contributed by atoms with van der Waals surface area (Å²) in [6.45, 7) is 0.153. The van der Waals surface area contributed by atoms with Crippen LogP contribution in [0.15, 0.2) is 30.3 Å². The number of rotatable bonds is 6. The lowest BCUT2D eigenvalue weighted by Crippen LogP contribution is -2.43. The number of nitrogens with zero attached hydrogens (tertiary/aromatic N) is 1. The lowest BCUT2D eigenvalue weighted by molar-refractivity contribution is -0.142. The molecule has 1 amide bonds. The third kappa shape index (κ3) is 3.98. The fraction of sp³-hybridized carbons (Fsp3) is 0.467. The Bertz CT molecular complexity index is 470. The van der Waals surface area contributed by atoms with Crippen LogP contribution in [0.5, 0.6) is 0 Å². The first-order valence-electron chi connectivity index (χ1n) is 6.74. The number of carboxylic acids is 1. The number of benzene rings is 1. The van der Waals surface area contributed by atoms with Gasteiger partial charge < -0.3 is 9.84 Å². The molecule has 0 aliphatic heterocycles. The van der Waals surface area contributed by atoms with Gasteiger partial charge in [0.05, 0.1) is 0 Å². The Morgan fingerprint density at radius 2 is 2.00 bits per heavy atom. The summed E-state index contributed by atoms with van der Waals surface area (Å²) in [5.74, 6) is -0.545. The number of likely N-dealkylation sites (N-methyl/N-ethyl adjacent to an activating group) is 1. The molecule has 1 aliphatic carbocycles. The fourth-order valence-corrected chi connectivity index (χ4v) is 2.04. The Morgan fingerprint density at radius 3 is 2.55 bits per heavy atom. The summed E-state index contributed by atoms with van der Waals surface area (Å²) >= 11 is 0. The first-order valence-corrected chi connectivity index (χ1v) is 6.74. The molecule has 108 valence electrons. The zero-order chi connectivity index (χ0) is 14.5. The van der Waals surface area contributed by atoms with Crippen molar-refractivity contribution in [1.29, 1.82) is 0 Å². The van der Waals surface area contributed by atoms with Gasteiger partial charge in [0.2, 0.25) is 0 Å². The van der Waals surface area contributed by atoms with Gasteiger partial charge in [-0.1, -0.05) is 43.2 Å². The number of ether oxygens (including phenoxy) is 1. The van der Waals surface area contributed by atoms with Crippen molar-refractivity contribution >= 4 is 12.1 Å². The SMILES string of the molecule is CN(C(=O)OCc1ccccc1)[C@@H](CC1CC1)C(=O)O. The maximum atomic E-state index is 11.9. The van der Waals surface area contributed by atoms with Gasteiger partial charge in [-0.05, 0) is 17.9 Å². The lowest BCUT2D eigenvalue weighted by Gasteiger charge is -2.24. The van der Waals surface area contributed by atoms with E-state index in [4.69, 9.17) is 4.74 Å². The van der Waals surface area contributed by atoms with E-state index in [9.17, 15) is 14.7 Å². The van der Waals surface area contributed by atoms with Gasteiger partial charge in [-0.25, -0.2) is 9.59 Å². The van der Waals surface area contributed by atoms with E-state index < -0.39 is 18.1 Å². The summed E-state index contributed by atoms with van der Waals surface area (Å²) in [4.78, 5) is 24.3. The van der Waals surface area contributed by atoms with Gasteiger partial charge in [-0.15, -0.1) is 0 Å². The molecule has 0 bridgehead atoms. The van der Waals surface area contributed by atoms with Crippen molar-refractivity contribution in [2.24, 2.45) is 5.92 Å². The number of carboxylic acid groups (broad SMARTS) is 1. The molecule has 0 aromatic heterocycles. The molecule has 0 spiro atoms. The second-order valence-corrected chi connectivity index (χ2v) is 5.18. The maximum absolute atomic E-state index is 11.9. The molecule has 1 aromatic rings. The highest BCUT2D eigenvalue weighted by Gasteiger charge is 2.34. The lowest BCUT2D eigenvalue weighted by atomic mass is 10.1. The quantitative estimate of drug-likeness (QED) is 0.867. The van der Waals surface area contributed by atoms with Crippen LogP contribution in [0.3, 0.4) is 0 Å². The standard InChI is InChI=1S/C15H19NO4/c1-16(13(14(17)18)9-11-7-8-11)15(19)20-10-12-5-3-2-4-6-12/h2-6,11,13H,7-10H2,1H3,(H,17,18)/t13-/m0/s1. The van der Waals surface area contributed by atoms with Crippen molar-refractivity contribution in [3.8, 4) is 0 Å². The Labute approximate surface area is 118 Å². The van der Waals surface area contributed by atoms with E-state index in [1.54, 1.807) is 0 Å². The van der Waals surface area contributed by atoms with Crippen LogP contribution in [0, 0.1) is 5.92 Å². The summed E-state index contributed by atoms with van der Waals surface area (Å²) in [6.07, 6.45) is 2.02. The molecular formula is C15H19NO4. The van der Waals surface area contributed by atoms with Crippen LogP contribution in [0.4, 0.5) is 4.79 Å². The van der Waals surface area contributed by atoms with Gasteiger partial charge in [0.15, 0.2) is 0 Å². The fourth-order valence-electron chi connectivity index (χ4n) is 2.04. The minimum Gasteiger partial charge on any atom is -0.480 e. The number of carbonyl (C=O) groups is 2. The van der Waals surface area contributed by atoms with Gasteiger partial charge in [0.25, 0.3) is 0 Å². The van der Waals surface area contributed by atoms with E-state index in [1.807, 2.05) is 30.3 Å². The van der Waals surface area contributed by atoms with E-state index in [-0.39, 0.29) is 6.61 Å². The van der Waals surface area contributed by atoms with Crippen LogP contribution in [0.1, 0.15) is 24.8 Å². The summed E-state index contributed by atoms with van der Waals surface area (Å²) in [5.41, 5.74) is 0.878. The van der Waals surface area contributed by atoms with Crippen LogP contribution < -0.4 is 0 Å². The Balaban J connectivity index is 1.87. The van der Waals surface area contributed by atoms with Crippen LogP contribution in [0.2, 0.25) is 0 Å². The molecule has 2 rings (SSSR count). The number of amides is 1. The minimum absolute atomic E-state index is 0.153. The molecule has 1 aromatic carbocycles. The van der Waals surface area contributed by atoms with Gasteiger partial charge in [0.1, 0.15) is 12.6 Å². The Hall–Kier alpha value is -2.04. The van der Waals surface area contributed by atoms with Gasteiger partial charge in [0, 0.05) is 7.05 Å². The molecule has 1 atom stereocenters. The molecule has 20 heavy (non-hydrogen) atoms. The van der Waals surface area contributed by atoms with Crippen molar-refractivity contribution in [1.82, 2.24) is 4.90 Å². The normalized spacial score (nSPS) is 15.4. The van der Waals surface area contributed by atoms with E-state index in [2.05, 4.69) is 0 Å². The maximum Gasteiger partial charge on any atom is 0.410 e. The highest BCUT2D eigenvalue weighted by molar-refractivity contribution is 5.79. The van der Waals surface area contributed by atoms with Crippen LogP contribution >= 0.6 is 0 Å². The summed E-state index contributed by atoms with van der Waals surface area (Å²) < 4.78 is 5.15. The number of hydrogen-bond donors (Lipinski definition) is 1. The topological polar surface area (TPSA) is 66.8 Å². The third-order valence-electron chi connectivity index (χ3n) is 3.50. The second-order valence-electron chi connectivity index (χ2n) is 5.18. The van der Waals surface area contributed by atoms with Gasteiger partial charge in [-0.3, -0.25) is 4.90 Å². The average molecular weight is 277 g/mol. The molecule has 1 saturated carbocycles. The Kier molecular flexibility index (Phi) is 4.61. The molecule has 1 N–H and O–H groups in total. The minimum atomic E-state index is -0.976. The zero-order valence-corrected chi connectivity index (χ0v) is 11.5. The highest BCUT2D eigenvalue weighted by Crippen LogP contribution is 2.34. The molecule has 0 saturated heterocycles. The van der Waals surface area contributed by atoms with E-state index >= 15 is 0 Å². The summed E-state index contributed by atoms with van der Waals surface area (Å²) in [5, 5.41) is 9.21. The monoisotopic (exact) mass is 277 g/mol. The molecule has 0 unspecified atom stereocenters. The zero-order valence-electron chi connectivity index (χ0n) is 11.5. The summed E-state index contributed by atoms with van der Waals surface area (Å²) in [7, 11) is 1.48. The Morgan fingerprint density at radius 1 is 1.35 bits per heavy atom. The van der Waals surface area contributed by atoms with Gasteiger partial charge >= 0.3 is 12.1 Å². The van der Waals surface area contributed by atoms with Crippen molar-refractivity contribution in [3.05, 3.63) is 35.9 Å². The smallest absolute Gasteiger partial charge is 0.410 e. The average Bonchev–Trinajstić information content (AvgIpc) is 3.26. The van der Waals surface area contributed by atoms with Crippen molar-refractivity contribution in [2.45, 2.75) is 31.9 Å². The molecule has 5 nitrogen and oxygen atoms in total. The molecule has 0 radical (unpaired) electrons. The first kappa shape index (κ1) is 14.4. The van der Waals surface area contributed by atoms with E-state index in [0.29, 0.717) is 12.3 Å². The molecule has 1 aliphatic rings. The molecular weight excluding hydrogens is 258 g/mol. The van der Waals surface area contributed by atoms with Crippen LogP contribution in [-0.4, -0.2) is 35.2 Å². The molecule has 0 heterocycles. The van der Waals surface area contributed by atoms with Crippen LogP contribution in [0.25, 0.3) is 0 Å². The number of aliphatic carboxylic acids is 1. The van der Waals surface area contributed by atoms with E-state index in [0.717, 1.165) is 18.4 Å². The highest BCUT2D eigenvalue weighted by atomic mass is 16.6. The molecule has 5 heteroatoms. The molecule has 1 fully saturated rings. The van der Waals surface area contributed by atoms with E-state index in [1.165, 1.54) is 11.9 Å². The van der Waals surface area contributed by atoms with Crippen LogP contribution in [-0.2, 0) is 16.1 Å². The predicted molar refractivity (Wildman–Crippen MR) is 73.2 cm³/mol. The third-order valence-corrected chi connectivity index (χ3v) is 3.50. The van der Waals surface area contributed by atoms with Crippen molar-refractivity contribution < 1.29 is 19.4 Å². The second kappa shape index (κ2) is 6.41. The summed E-state index contributed by atoms with van der Waals surface area (Å²) in [6, 6.07) is 8.51. The number of hydrogen-bond acceptors (Lipinski definition) is 3. The van der Waals surface area contributed by atoms with Gasteiger partial charge in [-0.2, -0.15) is 0 Å². The first-order chi connectivity index (χ1) is 9.58. The van der Waals surface area contributed by atoms with Crippen molar-refractivity contribution in [2.75, 3.05) is 7.05 Å². The predicted octanol–water partition coefficient (Wildman–Crippen LogP) is 2.51. The number of carbonyl (C=O) groups excluding carboxylic acids is 1. The largest absolute Gasteiger partial charge is 0.480 e. The van der Waals surface area contributed by atoms with Crippen molar-refractivity contribution in [3.63, 3.8) is 0 Å².